The zero-order valence-corrected chi connectivity index (χ0v) is 13.7. The van der Waals surface area contributed by atoms with Crippen LogP contribution in [0.5, 0.6) is 0 Å². The Labute approximate surface area is 150 Å². The van der Waals surface area contributed by atoms with E-state index in [4.69, 9.17) is 9.84 Å². The summed E-state index contributed by atoms with van der Waals surface area (Å²) >= 11 is 0. The minimum absolute atomic E-state index is 0.183. The molecule has 0 bridgehead atoms. The molecule has 1 aromatic carbocycles. The summed E-state index contributed by atoms with van der Waals surface area (Å²) in [6.45, 7) is -0.529. The number of ether oxygens (including phenoxy) is 1. The van der Waals surface area contributed by atoms with E-state index in [1.807, 2.05) is 0 Å². The Morgan fingerprint density at radius 1 is 1.15 bits per heavy atom. The van der Waals surface area contributed by atoms with Gasteiger partial charge in [0.2, 0.25) is 0 Å². The number of rotatable bonds is 3. The van der Waals surface area contributed by atoms with Crippen LogP contribution in [0.1, 0.15) is 6.23 Å². The maximum Gasteiger partial charge on any atom is 0.351 e. The van der Waals surface area contributed by atoms with Gasteiger partial charge in [-0.3, -0.25) is 4.57 Å². The van der Waals surface area contributed by atoms with Gasteiger partial charge >= 0.3 is 5.69 Å². The molecule has 0 spiro atoms. The van der Waals surface area contributed by atoms with Crippen LogP contribution in [-0.2, 0) is 4.74 Å². The van der Waals surface area contributed by atoms with E-state index >= 15 is 0 Å². The van der Waals surface area contributed by atoms with Crippen LogP contribution in [0.2, 0.25) is 0 Å². The van der Waals surface area contributed by atoms with Crippen LogP contribution in [0.25, 0.3) is 22.3 Å². The van der Waals surface area contributed by atoms with Gasteiger partial charge < -0.3 is 25.0 Å². The highest BCUT2D eigenvalue weighted by molar-refractivity contribution is 5.82. The van der Waals surface area contributed by atoms with Crippen molar-refractivity contribution in [2.75, 3.05) is 6.61 Å². The Hall–Kier alpha value is -2.66. The molecule has 4 rings (SSSR count). The highest BCUT2D eigenvalue weighted by Crippen LogP contribution is 2.29. The third-order valence-electron chi connectivity index (χ3n) is 4.50. The molecule has 27 heavy (non-hydrogen) atoms. The van der Waals surface area contributed by atoms with E-state index in [2.05, 4.69) is 9.97 Å². The molecule has 0 saturated carbocycles. The summed E-state index contributed by atoms with van der Waals surface area (Å²) in [7, 11) is 0. The van der Waals surface area contributed by atoms with Gasteiger partial charge in [0.15, 0.2) is 6.23 Å². The van der Waals surface area contributed by atoms with Crippen molar-refractivity contribution in [3.8, 4) is 11.3 Å². The van der Waals surface area contributed by atoms with Crippen molar-refractivity contribution >= 4 is 11.0 Å². The van der Waals surface area contributed by atoms with Crippen molar-refractivity contribution in [1.82, 2.24) is 14.5 Å². The topological polar surface area (TPSA) is 121 Å². The highest BCUT2D eigenvalue weighted by atomic mass is 19.1. The fraction of sp³-hybridized carbons (Fsp3) is 0.294. The average molecular weight is 379 g/mol. The lowest BCUT2D eigenvalue weighted by atomic mass is 10.1. The summed E-state index contributed by atoms with van der Waals surface area (Å²) in [5.41, 5.74) is -0.00884. The molecule has 3 heterocycles. The van der Waals surface area contributed by atoms with Crippen LogP contribution in [0, 0.1) is 11.6 Å². The number of aliphatic hydroxyl groups is 3. The van der Waals surface area contributed by atoms with Crippen LogP contribution >= 0.6 is 0 Å². The standard InChI is InChI=1S/C17H15F2N3O5/c18-9-1-7(2-10(19)4-9)11-3-8-5-22(17(26)21-15(8)20-11)16-14(25)13(24)12(6-23)27-16/h1-5,12-14,16,23-25H,6H2,(H,20,21,26)/t12-,13-,14+,16-/m1/s1. The number of aromatic amines is 1. The zero-order chi connectivity index (χ0) is 19.3. The van der Waals surface area contributed by atoms with Crippen LogP contribution in [0.3, 0.4) is 0 Å². The molecule has 3 aromatic rings. The van der Waals surface area contributed by atoms with E-state index in [-0.39, 0.29) is 11.2 Å². The Balaban J connectivity index is 1.77. The Morgan fingerprint density at radius 3 is 2.48 bits per heavy atom. The van der Waals surface area contributed by atoms with Gasteiger partial charge in [0.1, 0.15) is 35.6 Å². The molecule has 0 amide bonds. The van der Waals surface area contributed by atoms with Gasteiger partial charge in [0.25, 0.3) is 0 Å². The van der Waals surface area contributed by atoms with Crippen LogP contribution in [0.4, 0.5) is 8.78 Å². The predicted molar refractivity (Wildman–Crippen MR) is 88.7 cm³/mol. The maximum atomic E-state index is 13.4. The molecule has 1 fully saturated rings. The number of aromatic nitrogens is 3. The summed E-state index contributed by atoms with van der Waals surface area (Å²) in [4.78, 5) is 19.0. The van der Waals surface area contributed by atoms with Crippen LogP contribution in [0.15, 0.2) is 35.3 Å². The highest BCUT2D eigenvalue weighted by Gasteiger charge is 2.43. The fourth-order valence-corrected chi connectivity index (χ4v) is 3.17. The number of nitrogens with zero attached hydrogens (tertiary/aromatic N) is 2. The smallest absolute Gasteiger partial charge is 0.351 e. The lowest BCUT2D eigenvalue weighted by molar-refractivity contribution is -0.0547. The summed E-state index contributed by atoms with van der Waals surface area (Å²) in [6, 6.07) is 4.54. The SMILES string of the molecule is O=c1nc2[nH]c(-c3cc(F)cc(F)c3)cc2cn1[C@@H]1O[C@H](CO)[C@@H](O)[C@@H]1O. The second-order valence-electron chi connectivity index (χ2n) is 6.30. The molecule has 2 aromatic heterocycles. The predicted octanol–water partition coefficient (Wildman–Crippen LogP) is 0.281. The molecule has 4 atom stereocenters. The fourth-order valence-electron chi connectivity index (χ4n) is 3.17. The van der Waals surface area contributed by atoms with Crippen molar-refractivity contribution < 1.29 is 28.8 Å². The minimum atomic E-state index is -1.44. The third-order valence-corrected chi connectivity index (χ3v) is 4.50. The van der Waals surface area contributed by atoms with Gasteiger partial charge in [0.05, 0.1) is 6.61 Å². The number of nitrogens with one attached hydrogen (secondary N) is 1. The summed E-state index contributed by atoms with van der Waals surface area (Å²) < 4.78 is 33.2. The molecule has 4 N–H and O–H groups in total. The Bertz CT molecular complexity index is 1050. The van der Waals surface area contributed by atoms with Crippen molar-refractivity contribution in [2.45, 2.75) is 24.5 Å². The number of aliphatic hydroxyl groups excluding tert-OH is 3. The first kappa shape index (κ1) is 17.7. The van der Waals surface area contributed by atoms with Gasteiger partial charge in [-0.25, -0.2) is 13.6 Å². The van der Waals surface area contributed by atoms with Crippen molar-refractivity contribution in [1.29, 1.82) is 0 Å². The normalized spacial score (nSPS) is 25.4. The van der Waals surface area contributed by atoms with E-state index in [0.717, 1.165) is 22.8 Å². The lowest BCUT2D eigenvalue weighted by Crippen LogP contribution is -2.35. The van der Waals surface area contributed by atoms with Gasteiger partial charge in [0, 0.05) is 28.9 Å². The summed E-state index contributed by atoms with van der Waals surface area (Å²) in [5, 5.41) is 29.5. The number of hydrogen-bond acceptors (Lipinski definition) is 6. The monoisotopic (exact) mass is 379 g/mol. The van der Waals surface area contributed by atoms with E-state index in [1.54, 1.807) is 0 Å². The maximum absolute atomic E-state index is 13.4. The van der Waals surface area contributed by atoms with Crippen molar-refractivity contribution in [2.24, 2.45) is 0 Å². The molecule has 142 valence electrons. The molecule has 0 unspecified atom stereocenters. The van der Waals surface area contributed by atoms with Crippen LogP contribution < -0.4 is 5.69 Å². The van der Waals surface area contributed by atoms with Gasteiger partial charge in [-0.15, -0.1) is 0 Å². The lowest BCUT2D eigenvalue weighted by Gasteiger charge is -2.16. The number of fused-ring (bicyclic) bond motifs is 1. The molecule has 8 nitrogen and oxygen atoms in total. The molecule has 0 radical (unpaired) electrons. The van der Waals surface area contributed by atoms with Crippen molar-refractivity contribution in [3.63, 3.8) is 0 Å². The molecule has 0 aliphatic carbocycles. The molecular weight excluding hydrogens is 364 g/mol. The summed E-state index contributed by atoms with van der Waals surface area (Å²) in [6.07, 6.45) is -3.72. The number of hydrogen-bond donors (Lipinski definition) is 4. The second-order valence-corrected chi connectivity index (χ2v) is 6.30. The van der Waals surface area contributed by atoms with Crippen LogP contribution in [-0.4, -0.2) is 54.8 Å². The number of halogens is 2. The number of H-pyrrole nitrogens is 1. The second kappa shape index (κ2) is 6.50. The Morgan fingerprint density at radius 2 is 1.85 bits per heavy atom. The first-order valence-electron chi connectivity index (χ1n) is 8.08. The van der Waals surface area contributed by atoms with E-state index < -0.39 is 48.5 Å². The molecular formula is C17H15F2N3O5. The van der Waals surface area contributed by atoms with E-state index in [0.29, 0.717) is 11.1 Å². The number of benzene rings is 1. The largest absolute Gasteiger partial charge is 0.394 e. The first-order chi connectivity index (χ1) is 12.9. The van der Waals surface area contributed by atoms with E-state index in [1.165, 1.54) is 12.3 Å². The third kappa shape index (κ3) is 3.02. The average Bonchev–Trinajstić information content (AvgIpc) is 3.15. The molecule has 1 aliphatic rings. The minimum Gasteiger partial charge on any atom is -0.394 e. The van der Waals surface area contributed by atoms with Gasteiger partial charge in [-0.05, 0) is 18.2 Å². The van der Waals surface area contributed by atoms with Gasteiger partial charge in [-0.1, -0.05) is 0 Å². The van der Waals surface area contributed by atoms with Gasteiger partial charge in [-0.2, -0.15) is 4.98 Å². The molecule has 10 heteroatoms. The molecule has 1 saturated heterocycles. The molecule has 1 aliphatic heterocycles. The quantitative estimate of drug-likeness (QED) is 0.519. The first-order valence-corrected chi connectivity index (χ1v) is 8.08. The Kier molecular flexibility index (Phi) is 4.27. The van der Waals surface area contributed by atoms with Crippen molar-refractivity contribution in [3.05, 3.63) is 52.6 Å². The summed E-state index contributed by atoms with van der Waals surface area (Å²) in [5.74, 6) is -1.49. The van der Waals surface area contributed by atoms with E-state index in [9.17, 15) is 23.8 Å². The zero-order valence-electron chi connectivity index (χ0n) is 13.7.